The molecule has 1 aromatic heterocycles. The van der Waals surface area contributed by atoms with Gasteiger partial charge in [0.1, 0.15) is 5.69 Å². The number of para-hydroxylation sites is 2. The molecular weight excluding hydrogens is 332 g/mol. The van der Waals surface area contributed by atoms with Crippen LogP contribution in [0, 0.1) is 23.0 Å². The molecule has 0 saturated heterocycles. The van der Waals surface area contributed by atoms with E-state index < -0.39 is 10.8 Å². The van der Waals surface area contributed by atoms with E-state index in [0.717, 1.165) is 0 Å². The van der Waals surface area contributed by atoms with Gasteiger partial charge in [-0.25, -0.2) is 4.98 Å². The minimum atomic E-state index is -0.543. The van der Waals surface area contributed by atoms with Crippen molar-refractivity contribution in [2.45, 2.75) is 18.6 Å². The first-order chi connectivity index (χ1) is 11.5. The van der Waals surface area contributed by atoms with Crippen LogP contribution in [0.4, 0.5) is 11.4 Å². The fraction of sp³-hybridized carbons (Fsp3) is 0.267. The Bertz CT molecular complexity index is 880. The monoisotopic (exact) mass is 346 g/mol. The minimum Gasteiger partial charge on any atom is -0.320 e. The van der Waals surface area contributed by atoms with Gasteiger partial charge in [0.05, 0.1) is 10.8 Å². The molecule has 1 aliphatic rings. The molecule has 1 unspecified atom stereocenters. The molecule has 9 heteroatoms. The van der Waals surface area contributed by atoms with Crippen molar-refractivity contribution in [2.75, 3.05) is 11.1 Å². The third-order valence-electron chi connectivity index (χ3n) is 3.73. The molecule has 0 bridgehead atoms. The van der Waals surface area contributed by atoms with Crippen molar-refractivity contribution in [3.05, 3.63) is 56.5 Å². The second-order valence-electron chi connectivity index (χ2n) is 5.41. The molecule has 1 aromatic carbocycles. The van der Waals surface area contributed by atoms with Crippen molar-refractivity contribution >= 4 is 29.0 Å². The van der Waals surface area contributed by atoms with E-state index in [4.69, 9.17) is 0 Å². The molecule has 2 aromatic rings. The SMILES string of the molecule is Cc1cnc2n(c1=O)CC(C(=O)Nc1ccccc1[N+](=O)[O-])CS2. The number of nitrogens with one attached hydrogen (secondary N) is 1. The Kier molecular flexibility index (Phi) is 4.34. The number of carbonyl (C=O) groups is 1. The number of hydrogen-bond acceptors (Lipinski definition) is 6. The second kappa shape index (κ2) is 6.44. The molecule has 124 valence electrons. The predicted molar refractivity (Wildman–Crippen MR) is 89.2 cm³/mol. The summed E-state index contributed by atoms with van der Waals surface area (Å²) in [6, 6.07) is 5.97. The molecule has 2 heterocycles. The third-order valence-corrected chi connectivity index (χ3v) is 4.88. The predicted octanol–water partition coefficient (Wildman–Crippen LogP) is 1.82. The highest BCUT2D eigenvalue weighted by molar-refractivity contribution is 7.99. The standard InChI is InChI=1S/C15H14N4O4S/c1-9-6-16-15-18(14(9)21)7-10(8-24-15)13(20)17-11-4-2-3-5-12(11)19(22)23/h2-6,10H,7-8H2,1H3,(H,17,20). The number of thioether (sulfide) groups is 1. The Morgan fingerprint density at radius 2 is 2.21 bits per heavy atom. The summed E-state index contributed by atoms with van der Waals surface area (Å²) in [6.07, 6.45) is 1.52. The van der Waals surface area contributed by atoms with Crippen LogP contribution < -0.4 is 10.9 Å². The summed E-state index contributed by atoms with van der Waals surface area (Å²) in [5, 5.41) is 14.2. The summed E-state index contributed by atoms with van der Waals surface area (Å²) < 4.78 is 1.48. The molecule has 8 nitrogen and oxygen atoms in total. The van der Waals surface area contributed by atoms with Crippen LogP contribution in [0.25, 0.3) is 0 Å². The maximum absolute atomic E-state index is 12.5. The Hall–Kier alpha value is -2.68. The minimum absolute atomic E-state index is 0.151. The van der Waals surface area contributed by atoms with Gasteiger partial charge in [-0.2, -0.15) is 0 Å². The summed E-state index contributed by atoms with van der Waals surface area (Å²) in [7, 11) is 0. The zero-order chi connectivity index (χ0) is 17.3. The topological polar surface area (TPSA) is 107 Å². The van der Waals surface area contributed by atoms with E-state index in [2.05, 4.69) is 10.3 Å². The molecular formula is C15H14N4O4S. The van der Waals surface area contributed by atoms with Gasteiger partial charge in [-0.15, -0.1) is 0 Å². The first-order valence-corrected chi connectivity index (χ1v) is 8.19. The number of anilines is 1. The van der Waals surface area contributed by atoms with Crippen molar-refractivity contribution < 1.29 is 9.72 Å². The average Bonchev–Trinajstić information content (AvgIpc) is 2.58. The van der Waals surface area contributed by atoms with Crippen molar-refractivity contribution in [3.8, 4) is 0 Å². The quantitative estimate of drug-likeness (QED) is 0.516. The lowest BCUT2D eigenvalue weighted by Gasteiger charge is -2.24. The van der Waals surface area contributed by atoms with Gasteiger partial charge in [0.2, 0.25) is 5.91 Å². The molecule has 1 atom stereocenters. The number of aryl methyl sites for hydroxylation is 1. The highest BCUT2D eigenvalue weighted by Gasteiger charge is 2.28. The summed E-state index contributed by atoms with van der Waals surface area (Å²) >= 11 is 1.33. The van der Waals surface area contributed by atoms with Crippen LogP contribution in [0.5, 0.6) is 0 Å². The van der Waals surface area contributed by atoms with Crippen LogP contribution in [0.1, 0.15) is 5.56 Å². The molecule has 3 rings (SSSR count). The number of nitro groups is 1. The highest BCUT2D eigenvalue weighted by Crippen LogP contribution is 2.28. The first-order valence-electron chi connectivity index (χ1n) is 7.21. The van der Waals surface area contributed by atoms with Crippen molar-refractivity contribution in [1.82, 2.24) is 9.55 Å². The van der Waals surface area contributed by atoms with E-state index in [1.54, 1.807) is 13.0 Å². The summed E-state index contributed by atoms with van der Waals surface area (Å²) in [5.74, 6) is -0.360. The number of carbonyl (C=O) groups excluding carboxylic acids is 1. The summed E-state index contributed by atoms with van der Waals surface area (Å²) in [6.45, 7) is 1.88. The zero-order valence-electron chi connectivity index (χ0n) is 12.8. The number of rotatable bonds is 3. The Labute approximate surface area is 141 Å². The van der Waals surface area contributed by atoms with E-state index in [0.29, 0.717) is 16.5 Å². The van der Waals surface area contributed by atoms with E-state index >= 15 is 0 Å². The molecule has 0 aliphatic carbocycles. The van der Waals surface area contributed by atoms with Gasteiger partial charge in [-0.3, -0.25) is 24.3 Å². The second-order valence-corrected chi connectivity index (χ2v) is 6.40. The van der Waals surface area contributed by atoms with Crippen LogP contribution >= 0.6 is 11.8 Å². The average molecular weight is 346 g/mol. The summed E-state index contributed by atoms with van der Waals surface area (Å²) in [4.78, 5) is 39.3. The highest BCUT2D eigenvalue weighted by atomic mass is 32.2. The molecule has 1 aliphatic heterocycles. The number of amides is 1. The number of nitrogens with zero attached hydrogens (tertiary/aromatic N) is 3. The number of benzene rings is 1. The van der Waals surface area contributed by atoms with Crippen LogP contribution in [0.2, 0.25) is 0 Å². The maximum Gasteiger partial charge on any atom is 0.292 e. The van der Waals surface area contributed by atoms with Gasteiger partial charge >= 0.3 is 0 Å². The van der Waals surface area contributed by atoms with Gasteiger partial charge < -0.3 is 5.32 Å². The van der Waals surface area contributed by atoms with Crippen LogP contribution in [0.3, 0.4) is 0 Å². The fourth-order valence-electron chi connectivity index (χ4n) is 2.43. The van der Waals surface area contributed by atoms with Crippen molar-refractivity contribution in [2.24, 2.45) is 5.92 Å². The maximum atomic E-state index is 12.5. The lowest BCUT2D eigenvalue weighted by atomic mass is 10.1. The molecule has 0 spiro atoms. The van der Waals surface area contributed by atoms with Gasteiger partial charge in [-0.1, -0.05) is 23.9 Å². The van der Waals surface area contributed by atoms with Crippen LogP contribution in [-0.2, 0) is 11.3 Å². The Morgan fingerprint density at radius 3 is 2.96 bits per heavy atom. The van der Waals surface area contributed by atoms with Crippen molar-refractivity contribution in [3.63, 3.8) is 0 Å². The van der Waals surface area contributed by atoms with Crippen LogP contribution in [0.15, 0.2) is 40.4 Å². The van der Waals surface area contributed by atoms with E-state index in [1.807, 2.05) is 0 Å². The Morgan fingerprint density at radius 1 is 1.46 bits per heavy atom. The molecule has 24 heavy (non-hydrogen) atoms. The largest absolute Gasteiger partial charge is 0.320 e. The Balaban J connectivity index is 1.81. The molecule has 0 radical (unpaired) electrons. The van der Waals surface area contributed by atoms with E-state index in [-0.39, 0.29) is 29.4 Å². The lowest BCUT2D eigenvalue weighted by Crippen LogP contribution is -2.37. The molecule has 0 fully saturated rings. The first kappa shape index (κ1) is 16.2. The molecule has 1 amide bonds. The number of aromatic nitrogens is 2. The number of hydrogen-bond donors (Lipinski definition) is 1. The van der Waals surface area contributed by atoms with Crippen LogP contribution in [-0.4, -0.2) is 26.1 Å². The third kappa shape index (κ3) is 3.02. The van der Waals surface area contributed by atoms with Crippen molar-refractivity contribution in [1.29, 1.82) is 0 Å². The van der Waals surface area contributed by atoms with Gasteiger partial charge in [0.25, 0.3) is 11.2 Å². The van der Waals surface area contributed by atoms with Gasteiger partial charge in [-0.05, 0) is 13.0 Å². The number of fused-ring (bicyclic) bond motifs is 1. The van der Waals surface area contributed by atoms with E-state index in [1.165, 1.54) is 40.7 Å². The van der Waals surface area contributed by atoms with E-state index in [9.17, 15) is 19.7 Å². The molecule has 1 N–H and O–H groups in total. The zero-order valence-corrected chi connectivity index (χ0v) is 13.6. The summed E-state index contributed by atoms with van der Waals surface area (Å²) in [5.41, 5.74) is 0.331. The molecule has 0 saturated carbocycles. The number of nitro benzene ring substituents is 1. The van der Waals surface area contributed by atoms with Gasteiger partial charge in [0, 0.05) is 30.1 Å². The fourth-order valence-corrected chi connectivity index (χ4v) is 3.48. The lowest BCUT2D eigenvalue weighted by molar-refractivity contribution is -0.383. The van der Waals surface area contributed by atoms with Gasteiger partial charge in [0.15, 0.2) is 5.16 Å². The normalized spacial score (nSPS) is 16.3. The smallest absolute Gasteiger partial charge is 0.292 e.